The molecule has 1 aliphatic carbocycles. The van der Waals surface area contributed by atoms with E-state index >= 15 is 0 Å². The first-order valence-corrected chi connectivity index (χ1v) is 7.59. The van der Waals surface area contributed by atoms with Crippen molar-refractivity contribution in [1.82, 2.24) is 4.90 Å². The third kappa shape index (κ3) is 3.76. The number of rotatable bonds is 4. The maximum absolute atomic E-state index is 12.5. The SMILES string of the molecule is CN(Cc1ccccc1Cl)C(=O)[C@@H]1CCCC[C@@H]1C(=O)O. The fraction of sp³-hybridized carbons (Fsp3) is 0.500. The van der Waals surface area contributed by atoms with E-state index in [0.29, 0.717) is 24.4 Å². The number of hydrogen-bond donors (Lipinski definition) is 1. The molecule has 2 rings (SSSR count). The van der Waals surface area contributed by atoms with Crippen LogP contribution in [-0.2, 0) is 16.1 Å². The van der Waals surface area contributed by atoms with Gasteiger partial charge in [0.25, 0.3) is 0 Å². The summed E-state index contributed by atoms with van der Waals surface area (Å²) in [6.07, 6.45) is 3.05. The molecule has 1 amide bonds. The number of amides is 1. The smallest absolute Gasteiger partial charge is 0.307 e. The Balaban J connectivity index is 2.07. The molecule has 1 aliphatic rings. The van der Waals surface area contributed by atoms with E-state index in [4.69, 9.17) is 11.6 Å². The molecule has 0 spiro atoms. The van der Waals surface area contributed by atoms with Crippen LogP contribution >= 0.6 is 11.6 Å². The summed E-state index contributed by atoms with van der Waals surface area (Å²) >= 11 is 6.11. The van der Waals surface area contributed by atoms with Crippen molar-refractivity contribution in [2.45, 2.75) is 32.2 Å². The molecule has 0 unspecified atom stereocenters. The van der Waals surface area contributed by atoms with Crippen LogP contribution < -0.4 is 0 Å². The average molecular weight is 310 g/mol. The standard InChI is InChI=1S/C16H20ClNO3/c1-18(10-11-6-2-5-9-14(11)17)15(19)12-7-3-4-8-13(12)16(20)21/h2,5-6,9,12-13H,3-4,7-8,10H2,1H3,(H,20,21)/t12-,13+/m1/s1. The molecule has 0 heterocycles. The number of carbonyl (C=O) groups excluding carboxylic acids is 1. The third-order valence-electron chi connectivity index (χ3n) is 4.14. The predicted molar refractivity (Wildman–Crippen MR) is 81.0 cm³/mol. The lowest BCUT2D eigenvalue weighted by Gasteiger charge is -2.31. The van der Waals surface area contributed by atoms with Gasteiger partial charge in [0.05, 0.1) is 11.8 Å². The molecule has 0 radical (unpaired) electrons. The molecule has 2 atom stereocenters. The molecule has 1 saturated carbocycles. The summed E-state index contributed by atoms with van der Waals surface area (Å²) in [5.41, 5.74) is 0.873. The molecular weight excluding hydrogens is 290 g/mol. The molecule has 0 aromatic heterocycles. The minimum Gasteiger partial charge on any atom is -0.481 e. The van der Waals surface area contributed by atoms with E-state index in [1.807, 2.05) is 18.2 Å². The van der Waals surface area contributed by atoms with Crippen molar-refractivity contribution in [1.29, 1.82) is 0 Å². The largest absolute Gasteiger partial charge is 0.481 e. The Labute approximate surface area is 129 Å². The van der Waals surface area contributed by atoms with Gasteiger partial charge in [0.1, 0.15) is 0 Å². The van der Waals surface area contributed by atoms with E-state index in [2.05, 4.69) is 0 Å². The van der Waals surface area contributed by atoms with E-state index in [9.17, 15) is 14.7 Å². The number of halogens is 1. The van der Waals surface area contributed by atoms with Gasteiger partial charge in [-0.25, -0.2) is 0 Å². The Bertz CT molecular complexity index is 532. The highest BCUT2D eigenvalue weighted by Gasteiger charge is 2.37. The topological polar surface area (TPSA) is 57.6 Å². The van der Waals surface area contributed by atoms with Gasteiger partial charge in [-0.3, -0.25) is 9.59 Å². The van der Waals surface area contributed by atoms with E-state index in [0.717, 1.165) is 18.4 Å². The van der Waals surface area contributed by atoms with Gasteiger partial charge < -0.3 is 10.0 Å². The molecule has 1 aromatic rings. The van der Waals surface area contributed by atoms with Crippen molar-refractivity contribution in [3.8, 4) is 0 Å². The van der Waals surface area contributed by atoms with Crippen molar-refractivity contribution in [3.05, 3.63) is 34.9 Å². The fourth-order valence-electron chi connectivity index (χ4n) is 2.97. The van der Waals surface area contributed by atoms with E-state index < -0.39 is 17.8 Å². The van der Waals surface area contributed by atoms with Crippen LogP contribution in [0.1, 0.15) is 31.2 Å². The minimum atomic E-state index is -0.862. The maximum atomic E-state index is 12.5. The van der Waals surface area contributed by atoms with Crippen LogP contribution in [0.3, 0.4) is 0 Å². The van der Waals surface area contributed by atoms with Gasteiger partial charge >= 0.3 is 5.97 Å². The third-order valence-corrected chi connectivity index (χ3v) is 4.51. The second-order valence-corrected chi connectivity index (χ2v) is 6.03. The van der Waals surface area contributed by atoms with Crippen LogP contribution in [0.2, 0.25) is 5.02 Å². The van der Waals surface area contributed by atoms with E-state index in [-0.39, 0.29) is 5.91 Å². The zero-order valence-corrected chi connectivity index (χ0v) is 12.8. The number of benzene rings is 1. The molecular formula is C16H20ClNO3. The Kier molecular flexibility index (Phi) is 5.23. The number of carbonyl (C=O) groups is 2. The van der Waals surface area contributed by atoms with Crippen molar-refractivity contribution in [2.24, 2.45) is 11.8 Å². The predicted octanol–water partition coefficient (Wildman–Crippen LogP) is 3.19. The number of hydrogen-bond acceptors (Lipinski definition) is 2. The highest BCUT2D eigenvalue weighted by atomic mass is 35.5. The van der Waals surface area contributed by atoms with Gasteiger partial charge in [0.15, 0.2) is 0 Å². The maximum Gasteiger partial charge on any atom is 0.307 e. The van der Waals surface area contributed by atoms with E-state index in [1.54, 1.807) is 18.0 Å². The zero-order chi connectivity index (χ0) is 15.4. The van der Waals surface area contributed by atoms with Crippen LogP contribution in [-0.4, -0.2) is 28.9 Å². The quantitative estimate of drug-likeness (QED) is 0.929. The molecule has 5 heteroatoms. The lowest BCUT2D eigenvalue weighted by molar-refractivity contribution is -0.152. The normalized spacial score (nSPS) is 21.8. The first-order valence-electron chi connectivity index (χ1n) is 7.22. The van der Waals surface area contributed by atoms with Crippen LogP contribution in [0.15, 0.2) is 24.3 Å². The van der Waals surface area contributed by atoms with Gasteiger partial charge in [0, 0.05) is 18.6 Å². The number of nitrogens with zero attached hydrogens (tertiary/aromatic N) is 1. The lowest BCUT2D eigenvalue weighted by Crippen LogP contribution is -2.40. The molecule has 0 saturated heterocycles. The van der Waals surface area contributed by atoms with Crippen LogP contribution in [0.5, 0.6) is 0 Å². The molecule has 4 nitrogen and oxygen atoms in total. The molecule has 1 fully saturated rings. The zero-order valence-electron chi connectivity index (χ0n) is 12.1. The minimum absolute atomic E-state index is 0.0954. The molecule has 21 heavy (non-hydrogen) atoms. The van der Waals surface area contributed by atoms with Crippen molar-refractivity contribution in [3.63, 3.8) is 0 Å². The van der Waals surface area contributed by atoms with E-state index in [1.165, 1.54) is 0 Å². The summed E-state index contributed by atoms with van der Waals surface area (Å²) in [7, 11) is 1.71. The second kappa shape index (κ2) is 6.94. The first-order chi connectivity index (χ1) is 10.0. The summed E-state index contributed by atoms with van der Waals surface area (Å²) in [6.45, 7) is 0.404. The Morgan fingerprint density at radius 3 is 2.48 bits per heavy atom. The Morgan fingerprint density at radius 1 is 1.24 bits per heavy atom. The Hall–Kier alpha value is -1.55. The summed E-state index contributed by atoms with van der Waals surface area (Å²) in [6, 6.07) is 7.38. The van der Waals surface area contributed by atoms with Crippen LogP contribution in [0, 0.1) is 11.8 Å². The second-order valence-electron chi connectivity index (χ2n) is 5.62. The van der Waals surface area contributed by atoms with Gasteiger partial charge in [-0.1, -0.05) is 42.6 Å². The number of aliphatic carboxylic acids is 1. The highest BCUT2D eigenvalue weighted by Crippen LogP contribution is 2.32. The monoisotopic (exact) mass is 309 g/mol. The van der Waals surface area contributed by atoms with Crippen molar-refractivity contribution >= 4 is 23.5 Å². The Morgan fingerprint density at radius 2 is 1.86 bits per heavy atom. The molecule has 114 valence electrons. The summed E-state index contributed by atoms with van der Waals surface area (Å²) in [4.78, 5) is 25.5. The molecule has 0 bridgehead atoms. The summed E-state index contributed by atoms with van der Waals surface area (Å²) in [5.74, 6) is -1.93. The molecule has 1 N–H and O–H groups in total. The summed E-state index contributed by atoms with van der Waals surface area (Å²) < 4.78 is 0. The van der Waals surface area contributed by atoms with Crippen LogP contribution in [0.4, 0.5) is 0 Å². The van der Waals surface area contributed by atoms with Gasteiger partial charge in [0.2, 0.25) is 5.91 Å². The fourth-order valence-corrected chi connectivity index (χ4v) is 3.16. The number of carboxylic acids is 1. The van der Waals surface area contributed by atoms with Crippen LogP contribution in [0.25, 0.3) is 0 Å². The van der Waals surface area contributed by atoms with Crippen molar-refractivity contribution < 1.29 is 14.7 Å². The highest BCUT2D eigenvalue weighted by molar-refractivity contribution is 6.31. The number of carboxylic acid groups (broad SMARTS) is 1. The first kappa shape index (κ1) is 15.8. The lowest BCUT2D eigenvalue weighted by atomic mass is 9.78. The van der Waals surface area contributed by atoms with Crippen molar-refractivity contribution in [2.75, 3.05) is 7.05 Å². The van der Waals surface area contributed by atoms with Gasteiger partial charge in [-0.2, -0.15) is 0 Å². The summed E-state index contributed by atoms with van der Waals surface area (Å²) in [5, 5.41) is 9.90. The van der Waals surface area contributed by atoms with Gasteiger partial charge in [-0.15, -0.1) is 0 Å². The molecule has 0 aliphatic heterocycles. The average Bonchev–Trinajstić information content (AvgIpc) is 2.48. The molecule has 1 aromatic carbocycles. The van der Waals surface area contributed by atoms with Gasteiger partial charge in [-0.05, 0) is 24.5 Å².